The summed E-state index contributed by atoms with van der Waals surface area (Å²) in [5, 5.41) is 13.1. The third-order valence-corrected chi connectivity index (χ3v) is 4.91. The maximum Gasteiger partial charge on any atom is 0.175 e. The van der Waals surface area contributed by atoms with Gasteiger partial charge in [-0.15, -0.1) is 10.2 Å². The summed E-state index contributed by atoms with van der Waals surface area (Å²) in [5.74, 6) is 1.67. The highest BCUT2D eigenvalue weighted by molar-refractivity contribution is 5.40. The molecule has 0 aromatic carbocycles. The third-order valence-electron chi connectivity index (χ3n) is 4.91. The highest BCUT2D eigenvalue weighted by Gasteiger charge is 2.24. The van der Waals surface area contributed by atoms with Crippen molar-refractivity contribution >= 4 is 5.82 Å². The van der Waals surface area contributed by atoms with Gasteiger partial charge in [-0.1, -0.05) is 0 Å². The molecule has 0 aliphatic carbocycles. The number of ether oxygens (including phenoxy) is 2. The lowest BCUT2D eigenvalue weighted by molar-refractivity contribution is -0.0744. The number of piperidine rings is 1. The summed E-state index contributed by atoms with van der Waals surface area (Å²) in [6.07, 6.45) is 6.77. The Balaban J connectivity index is 1.31. The maximum atomic E-state index is 6.24. The van der Waals surface area contributed by atoms with E-state index in [-0.39, 0.29) is 0 Å². The predicted molar refractivity (Wildman–Crippen MR) is 94.1 cm³/mol. The van der Waals surface area contributed by atoms with Gasteiger partial charge in [0.15, 0.2) is 11.6 Å². The van der Waals surface area contributed by atoms with E-state index in [1.165, 1.54) is 0 Å². The molecule has 0 bridgehead atoms. The fraction of sp³-hybridized carbons (Fsp3) is 0.611. The topological polar surface area (TPSA) is 65.3 Å². The van der Waals surface area contributed by atoms with Crippen molar-refractivity contribution in [2.45, 2.75) is 44.8 Å². The molecular weight excluding hydrogens is 318 g/mol. The molecule has 4 rings (SSSR count). The first-order valence-electron chi connectivity index (χ1n) is 9.12. The van der Waals surface area contributed by atoms with E-state index < -0.39 is 0 Å². The molecule has 0 N–H and O–H groups in total. The SMILES string of the molecule is Cc1ccn(-c2ccc(N3CCC(OC4CCOCC4)CC3)nn2)n1. The second-order valence-electron chi connectivity index (χ2n) is 6.79. The molecule has 7 heteroatoms. The van der Waals surface area contributed by atoms with E-state index in [4.69, 9.17) is 9.47 Å². The van der Waals surface area contributed by atoms with Crippen molar-refractivity contribution in [1.29, 1.82) is 0 Å². The van der Waals surface area contributed by atoms with Gasteiger partial charge in [0, 0.05) is 32.5 Å². The van der Waals surface area contributed by atoms with E-state index in [1.807, 2.05) is 31.3 Å². The van der Waals surface area contributed by atoms with Gasteiger partial charge in [0.1, 0.15) is 0 Å². The Kier molecular flexibility index (Phi) is 4.94. The van der Waals surface area contributed by atoms with Crippen LogP contribution in [0.4, 0.5) is 5.82 Å². The van der Waals surface area contributed by atoms with Crippen LogP contribution in [0.15, 0.2) is 24.4 Å². The predicted octanol–water partition coefficient (Wildman–Crippen LogP) is 2.14. The molecule has 0 amide bonds. The van der Waals surface area contributed by atoms with Crippen molar-refractivity contribution in [3.63, 3.8) is 0 Å². The highest BCUT2D eigenvalue weighted by atomic mass is 16.5. The van der Waals surface area contributed by atoms with E-state index in [1.54, 1.807) is 4.68 Å². The van der Waals surface area contributed by atoms with Gasteiger partial charge >= 0.3 is 0 Å². The van der Waals surface area contributed by atoms with Crippen LogP contribution in [0, 0.1) is 6.92 Å². The lowest BCUT2D eigenvalue weighted by Crippen LogP contribution is -2.39. The first-order valence-corrected chi connectivity index (χ1v) is 9.12. The summed E-state index contributed by atoms with van der Waals surface area (Å²) in [6.45, 7) is 5.55. The number of nitrogens with zero attached hydrogens (tertiary/aromatic N) is 5. The molecule has 0 unspecified atom stereocenters. The molecule has 2 saturated heterocycles. The molecule has 0 radical (unpaired) electrons. The molecular formula is C18H25N5O2. The van der Waals surface area contributed by atoms with Gasteiger partial charge in [-0.05, 0) is 50.8 Å². The molecule has 0 saturated carbocycles. The van der Waals surface area contributed by atoms with E-state index in [0.29, 0.717) is 12.2 Å². The van der Waals surface area contributed by atoms with Crippen LogP contribution in [-0.2, 0) is 9.47 Å². The van der Waals surface area contributed by atoms with Crippen molar-refractivity contribution < 1.29 is 9.47 Å². The van der Waals surface area contributed by atoms with Crippen molar-refractivity contribution in [3.05, 3.63) is 30.1 Å². The third kappa shape index (κ3) is 3.99. The zero-order chi connectivity index (χ0) is 17.1. The van der Waals surface area contributed by atoms with Gasteiger partial charge in [0.05, 0.1) is 17.9 Å². The molecule has 2 fully saturated rings. The molecule has 25 heavy (non-hydrogen) atoms. The number of rotatable bonds is 4. The number of aryl methyl sites for hydroxylation is 1. The monoisotopic (exact) mass is 343 g/mol. The van der Waals surface area contributed by atoms with Gasteiger partial charge in [0.2, 0.25) is 0 Å². The van der Waals surface area contributed by atoms with Crippen LogP contribution in [0.2, 0.25) is 0 Å². The average Bonchev–Trinajstić information content (AvgIpc) is 3.10. The van der Waals surface area contributed by atoms with Crippen LogP contribution < -0.4 is 4.90 Å². The van der Waals surface area contributed by atoms with Crippen molar-refractivity contribution in [1.82, 2.24) is 20.0 Å². The smallest absolute Gasteiger partial charge is 0.175 e. The molecule has 2 aromatic rings. The van der Waals surface area contributed by atoms with Gasteiger partial charge < -0.3 is 14.4 Å². The van der Waals surface area contributed by atoms with Crippen LogP contribution in [0.5, 0.6) is 0 Å². The molecule has 2 aromatic heterocycles. The fourth-order valence-corrected chi connectivity index (χ4v) is 3.46. The van der Waals surface area contributed by atoms with Gasteiger partial charge in [-0.25, -0.2) is 4.68 Å². The van der Waals surface area contributed by atoms with Crippen LogP contribution in [-0.4, -0.2) is 58.5 Å². The minimum absolute atomic E-state index is 0.360. The minimum Gasteiger partial charge on any atom is -0.381 e. The van der Waals surface area contributed by atoms with E-state index in [2.05, 4.69) is 20.2 Å². The first-order chi connectivity index (χ1) is 12.3. The van der Waals surface area contributed by atoms with Crippen molar-refractivity contribution in [2.24, 2.45) is 0 Å². The molecule has 2 aliphatic heterocycles. The summed E-state index contributed by atoms with van der Waals surface area (Å²) >= 11 is 0. The van der Waals surface area contributed by atoms with Crippen molar-refractivity contribution in [2.75, 3.05) is 31.2 Å². The fourth-order valence-electron chi connectivity index (χ4n) is 3.46. The quantitative estimate of drug-likeness (QED) is 0.847. The molecule has 4 heterocycles. The second-order valence-corrected chi connectivity index (χ2v) is 6.79. The Morgan fingerprint density at radius 1 is 0.960 bits per heavy atom. The van der Waals surface area contributed by atoms with Crippen LogP contribution in [0.25, 0.3) is 5.82 Å². The molecule has 7 nitrogen and oxygen atoms in total. The lowest BCUT2D eigenvalue weighted by Gasteiger charge is -2.35. The summed E-state index contributed by atoms with van der Waals surface area (Å²) in [7, 11) is 0. The van der Waals surface area contributed by atoms with Crippen molar-refractivity contribution in [3.8, 4) is 5.82 Å². The molecule has 2 aliphatic rings. The Morgan fingerprint density at radius 2 is 1.64 bits per heavy atom. The van der Waals surface area contributed by atoms with Gasteiger partial charge in [-0.2, -0.15) is 5.10 Å². The largest absolute Gasteiger partial charge is 0.381 e. The van der Waals surface area contributed by atoms with E-state index in [9.17, 15) is 0 Å². The summed E-state index contributed by atoms with van der Waals surface area (Å²) in [4.78, 5) is 2.29. The number of hydrogen-bond acceptors (Lipinski definition) is 6. The highest BCUT2D eigenvalue weighted by Crippen LogP contribution is 2.23. The Hall–Kier alpha value is -1.99. The number of hydrogen-bond donors (Lipinski definition) is 0. The Labute approximate surface area is 147 Å². The molecule has 134 valence electrons. The Bertz CT molecular complexity index is 673. The van der Waals surface area contributed by atoms with E-state index >= 15 is 0 Å². The van der Waals surface area contributed by atoms with Crippen LogP contribution in [0.1, 0.15) is 31.4 Å². The summed E-state index contributed by atoms with van der Waals surface area (Å²) in [5.41, 5.74) is 0.970. The first kappa shape index (κ1) is 16.5. The maximum absolute atomic E-state index is 6.24. The number of aromatic nitrogens is 4. The van der Waals surface area contributed by atoms with Crippen LogP contribution in [0.3, 0.4) is 0 Å². The number of anilines is 1. The average molecular weight is 343 g/mol. The van der Waals surface area contributed by atoms with Gasteiger partial charge in [0.25, 0.3) is 0 Å². The standard InChI is InChI=1S/C18H25N5O2/c1-14-4-11-23(21-14)18-3-2-17(19-20-18)22-9-5-15(6-10-22)25-16-7-12-24-13-8-16/h2-4,11,15-16H,5-10,12-13H2,1H3. The molecule has 0 spiro atoms. The summed E-state index contributed by atoms with van der Waals surface area (Å²) in [6, 6.07) is 5.96. The zero-order valence-corrected chi connectivity index (χ0v) is 14.7. The second kappa shape index (κ2) is 7.49. The zero-order valence-electron chi connectivity index (χ0n) is 14.7. The van der Waals surface area contributed by atoms with E-state index in [0.717, 1.165) is 69.3 Å². The minimum atomic E-state index is 0.360. The lowest BCUT2D eigenvalue weighted by atomic mass is 10.1. The molecule has 0 atom stereocenters. The Morgan fingerprint density at radius 3 is 2.28 bits per heavy atom. The normalized spacial score (nSPS) is 20.1. The van der Waals surface area contributed by atoms with Gasteiger partial charge in [-0.3, -0.25) is 0 Å². The van der Waals surface area contributed by atoms with Crippen LogP contribution >= 0.6 is 0 Å². The summed E-state index contributed by atoms with van der Waals surface area (Å²) < 4.78 is 13.4.